The number of hydrogen-bond acceptors (Lipinski definition) is 5. The van der Waals surface area contributed by atoms with Crippen molar-refractivity contribution >= 4 is 17.6 Å². The topological polar surface area (TPSA) is 81.9 Å². The Balaban J connectivity index is 2.75. The van der Waals surface area contributed by atoms with E-state index in [1.807, 2.05) is 32.9 Å². The molecule has 0 saturated heterocycles. The zero-order valence-electron chi connectivity index (χ0n) is 14.3. The zero-order chi connectivity index (χ0) is 17.5. The summed E-state index contributed by atoms with van der Waals surface area (Å²) in [4.78, 5) is 24.3. The van der Waals surface area contributed by atoms with Gasteiger partial charge in [0.2, 0.25) is 0 Å². The average molecular weight is 318 g/mol. The molecule has 124 valence electrons. The fourth-order valence-electron chi connectivity index (χ4n) is 2.98. The highest BCUT2D eigenvalue weighted by atomic mass is 16.7. The Labute approximate surface area is 135 Å². The fourth-order valence-corrected chi connectivity index (χ4v) is 2.98. The first kappa shape index (κ1) is 17.0. The number of ether oxygens (including phenoxy) is 2. The maximum Gasteiger partial charge on any atom is 0.513 e. The third-order valence-corrected chi connectivity index (χ3v) is 4.10. The zero-order valence-corrected chi connectivity index (χ0v) is 14.3. The van der Waals surface area contributed by atoms with E-state index in [0.717, 1.165) is 27.3 Å². The molecule has 0 fully saturated rings. The minimum absolute atomic E-state index is 0.201. The summed E-state index contributed by atoms with van der Waals surface area (Å²) < 4.78 is 9.87. The van der Waals surface area contributed by atoms with Gasteiger partial charge in [0.25, 0.3) is 5.91 Å². The molecule has 6 heteroatoms. The van der Waals surface area contributed by atoms with Gasteiger partial charge in [0.15, 0.2) is 5.76 Å². The van der Waals surface area contributed by atoms with Crippen LogP contribution >= 0.6 is 0 Å². The van der Waals surface area contributed by atoms with Crippen LogP contribution in [0, 0.1) is 20.8 Å². The van der Waals surface area contributed by atoms with Crippen LogP contribution in [-0.2, 0) is 14.3 Å². The predicted molar refractivity (Wildman–Crippen MR) is 86.2 cm³/mol. The van der Waals surface area contributed by atoms with E-state index in [2.05, 4.69) is 4.74 Å². The lowest BCUT2D eigenvalue weighted by atomic mass is 9.91. The summed E-state index contributed by atoms with van der Waals surface area (Å²) in [6, 6.07) is 3.95. The van der Waals surface area contributed by atoms with Crippen LogP contribution in [0.1, 0.15) is 36.1 Å². The molecule has 0 bridgehead atoms. The number of nitrogens with zero attached hydrogens (tertiary/aromatic N) is 1. The molecule has 1 aliphatic heterocycles. The van der Waals surface area contributed by atoms with E-state index in [4.69, 9.17) is 10.6 Å². The molecule has 1 aromatic carbocycles. The van der Waals surface area contributed by atoms with Crippen molar-refractivity contribution < 1.29 is 19.1 Å². The second-order valence-electron chi connectivity index (χ2n) is 6.27. The van der Waals surface area contributed by atoms with Crippen molar-refractivity contribution in [1.29, 1.82) is 0 Å². The number of nitrogens with two attached hydrogens (primary N) is 1. The molecule has 1 aliphatic rings. The number of rotatable bonds is 2. The lowest BCUT2D eigenvalue weighted by molar-refractivity contribution is -0.127. The quantitative estimate of drug-likeness (QED) is 0.515. The predicted octanol–water partition coefficient (Wildman–Crippen LogP) is 2.60. The number of hydrazine groups is 1. The maximum absolute atomic E-state index is 12.7. The molecule has 0 saturated carbocycles. The van der Waals surface area contributed by atoms with Crippen molar-refractivity contribution in [3.63, 3.8) is 0 Å². The van der Waals surface area contributed by atoms with Gasteiger partial charge in [-0.1, -0.05) is 17.7 Å². The Kier molecular flexibility index (Phi) is 4.22. The fraction of sp³-hybridized carbons (Fsp3) is 0.412. The molecule has 6 nitrogen and oxygen atoms in total. The summed E-state index contributed by atoms with van der Waals surface area (Å²) in [5.74, 6) is 5.75. The summed E-state index contributed by atoms with van der Waals surface area (Å²) in [5.41, 5.74) is 3.02. The van der Waals surface area contributed by atoms with Gasteiger partial charge in [-0.05, 0) is 51.3 Å². The molecule has 23 heavy (non-hydrogen) atoms. The Hall–Kier alpha value is -2.34. The van der Waals surface area contributed by atoms with Crippen LogP contribution in [0.3, 0.4) is 0 Å². The maximum atomic E-state index is 12.7. The highest BCUT2D eigenvalue weighted by molar-refractivity contribution is 6.23. The Morgan fingerprint density at radius 1 is 1.17 bits per heavy atom. The number of benzene rings is 1. The van der Waals surface area contributed by atoms with Gasteiger partial charge >= 0.3 is 6.16 Å². The van der Waals surface area contributed by atoms with Crippen molar-refractivity contribution in [2.45, 2.75) is 40.2 Å². The van der Waals surface area contributed by atoms with Crippen LogP contribution in [0.25, 0.3) is 5.57 Å². The molecule has 0 radical (unpaired) electrons. The molecule has 0 unspecified atom stereocenters. The van der Waals surface area contributed by atoms with E-state index >= 15 is 0 Å². The monoisotopic (exact) mass is 318 g/mol. The number of carbonyl (C=O) groups is 2. The van der Waals surface area contributed by atoms with Gasteiger partial charge in [0, 0.05) is 0 Å². The lowest BCUT2D eigenvalue weighted by Gasteiger charge is -2.28. The second-order valence-corrected chi connectivity index (χ2v) is 6.27. The second kappa shape index (κ2) is 5.70. The van der Waals surface area contributed by atoms with Gasteiger partial charge in [0.05, 0.1) is 12.7 Å². The Morgan fingerprint density at radius 2 is 1.70 bits per heavy atom. The Bertz CT molecular complexity index is 696. The van der Waals surface area contributed by atoms with Gasteiger partial charge in [0.1, 0.15) is 5.54 Å². The third-order valence-electron chi connectivity index (χ3n) is 4.10. The number of methoxy groups -OCH3 is 1. The smallest absolute Gasteiger partial charge is 0.437 e. The Morgan fingerprint density at radius 3 is 2.17 bits per heavy atom. The van der Waals surface area contributed by atoms with Gasteiger partial charge in [-0.15, -0.1) is 0 Å². The van der Waals surface area contributed by atoms with Crippen LogP contribution in [0.4, 0.5) is 4.79 Å². The third kappa shape index (κ3) is 2.70. The summed E-state index contributed by atoms with van der Waals surface area (Å²) in [6.07, 6.45) is -0.879. The first-order chi connectivity index (χ1) is 10.6. The van der Waals surface area contributed by atoms with Crippen LogP contribution < -0.4 is 5.84 Å². The average Bonchev–Trinajstić information content (AvgIpc) is 2.60. The first-order valence-corrected chi connectivity index (χ1v) is 7.29. The van der Waals surface area contributed by atoms with E-state index in [0.29, 0.717) is 5.57 Å². The normalized spacial score (nSPS) is 16.8. The van der Waals surface area contributed by atoms with Crippen molar-refractivity contribution in [3.8, 4) is 0 Å². The minimum atomic E-state index is -0.954. The molecule has 2 rings (SSSR count). The minimum Gasteiger partial charge on any atom is -0.437 e. The first-order valence-electron chi connectivity index (χ1n) is 7.29. The summed E-state index contributed by atoms with van der Waals surface area (Å²) in [7, 11) is 1.22. The SMILES string of the molecule is COC(=O)OC1=C(c2c(C)cc(C)cc2C)C(=O)N(N)C1(C)C. The van der Waals surface area contributed by atoms with Gasteiger partial charge in [-0.25, -0.2) is 10.6 Å². The molecule has 0 spiro atoms. The number of aryl methyl sites for hydroxylation is 3. The number of amides is 1. The van der Waals surface area contributed by atoms with Crippen molar-refractivity contribution in [2.75, 3.05) is 7.11 Å². The molecule has 0 aliphatic carbocycles. The van der Waals surface area contributed by atoms with Crippen LogP contribution in [0.15, 0.2) is 17.9 Å². The lowest BCUT2D eigenvalue weighted by Crippen LogP contribution is -2.49. The van der Waals surface area contributed by atoms with E-state index in [1.165, 1.54) is 7.11 Å². The molecule has 1 amide bonds. The van der Waals surface area contributed by atoms with Crippen molar-refractivity contribution in [1.82, 2.24) is 5.01 Å². The number of hydrogen-bond donors (Lipinski definition) is 1. The molecule has 0 aromatic heterocycles. The molecule has 1 heterocycles. The molecular weight excluding hydrogens is 296 g/mol. The van der Waals surface area contributed by atoms with E-state index in [-0.39, 0.29) is 11.7 Å². The largest absolute Gasteiger partial charge is 0.513 e. The summed E-state index contributed by atoms with van der Waals surface area (Å²) in [6.45, 7) is 9.25. The molecule has 0 atom stereocenters. The van der Waals surface area contributed by atoms with E-state index in [9.17, 15) is 9.59 Å². The van der Waals surface area contributed by atoms with Crippen LogP contribution in [0.2, 0.25) is 0 Å². The van der Waals surface area contributed by atoms with Crippen LogP contribution in [0.5, 0.6) is 0 Å². The van der Waals surface area contributed by atoms with Crippen LogP contribution in [-0.4, -0.2) is 29.7 Å². The van der Waals surface area contributed by atoms with Crippen molar-refractivity contribution in [2.24, 2.45) is 5.84 Å². The highest BCUT2D eigenvalue weighted by Crippen LogP contribution is 2.41. The summed E-state index contributed by atoms with van der Waals surface area (Å²) in [5, 5.41) is 1.08. The molecule has 1 aromatic rings. The molecular formula is C17H22N2O4. The standard InChI is InChI=1S/C17H22N2O4/c1-9-7-10(2)12(11(3)8-9)13-14(23-16(21)22-6)17(4,5)19(18)15(13)20/h7-8H,18H2,1-6H3. The highest BCUT2D eigenvalue weighted by Gasteiger charge is 2.48. The van der Waals surface area contributed by atoms with E-state index < -0.39 is 11.7 Å². The number of carbonyl (C=O) groups excluding carboxylic acids is 2. The molecule has 2 N–H and O–H groups in total. The van der Waals surface area contributed by atoms with Gasteiger partial charge in [-0.2, -0.15) is 0 Å². The summed E-state index contributed by atoms with van der Waals surface area (Å²) >= 11 is 0. The van der Waals surface area contributed by atoms with Crippen molar-refractivity contribution in [3.05, 3.63) is 40.1 Å². The van der Waals surface area contributed by atoms with Gasteiger partial charge in [-0.3, -0.25) is 9.80 Å². The van der Waals surface area contributed by atoms with E-state index in [1.54, 1.807) is 13.8 Å². The van der Waals surface area contributed by atoms with Gasteiger partial charge < -0.3 is 9.47 Å².